The van der Waals surface area contributed by atoms with Crippen molar-refractivity contribution < 1.29 is 0 Å². The minimum Gasteiger partial charge on any atom is -0.356 e. The summed E-state index contributed by atoms with van der Waals surface area (Å²) < 4.78 is 0. The topological polar surface area (TPSA) is 24.1 Å². The largest absolute Gasteiger partial charge is 0.356 e. The highest BCUT2D eigenvalue weighted by molar-refractivity contribution is 5.69. The van der Waals surface area contributed by atoms with Crippen LogP contribution >= 0.6 is 0 Å². The fourth-order valence-electron chi connectivity index (χ4n) is 2.78. The number of para-hydroxylation sites is 1. The second-order valence-corrected chi connectivity index (χ2v) is 6.39. The molecule has 3 rings (SSSR count). The van der Waals surface area contributed by atoms with Crippen molar-refractivity contribution in [3.05, 3.63) is 82.9 Å². The summed E-state index contributed by atoms with van der Waals surface area (Å²) in [5, 5.41) is 6.98. The number of hydrogen-bond acceptors (Lipinski definition) is 2. The van der Waals surface area contributed by atoms with Crippen LogP contribution in [0, 0.1) is 27.7 Å². The summed E-state index contributed by atoms with van der Waals surface area (Å²) in [5.74, 6) is 0. The number of anilines is 4. The number of nitrogens with one attached hydrogen (secondary N) is 2. The molecule has 0 amide bonds. The molecule has 24 heavy (non-hydrogen) atoms. The second kappa shape index (κ2) is 6.79. The van der Waals surface area contributed by atoms with Gasteiger partial charge in [0.2, 0.25) is 0 Å². The first-order valence-corrected chi connectivity index (χ1v) is 8.30. The maximum absolute atomic E-state index is 3.52. The molecule has 3 aromatic carbocycles. The predicted molar refractivity (Wildman–Crippen MR) is 105 cm³/mol. The first-order valence-electron chi connectivity index (χ1n) is 8.30. The molecule has 0 bridgehead atoms. The molecule has 3 aromatic rings. The van der Waals surface area contributed by atoms with E-state index in [1.165, 1.54) is 27.9 Å². The van der Waals surface area contributed by atoms with Crippen LogP contribution in [0.3, 0.4) is 0 Å². The van der Waals surface area contributed by atoms with Gasteiger partial charge < -0.3 is 10.6 Å². The number of aryl methyl sites for hydroxylation is 4. The Morgan fingerprint density at radius 2 is 1.04 bits per heavy atom. The third-order valence-corrected chi connectivity index (χ3v) is 4.43. The van der Waals surface area contributed by atoms with Crippen LogP contribution < -0.4 is 10.6 Å². The van der Waals surface area contributed by atoms with E-state index in [2.05, 4.69) is 99.0 Å². The first-order chi connectivity index (χ1) is 11.5. The third-order valence-electron chi connectivity index (χ3n) is 4.43. The maximum atomic E-state index is 3.52. The maximum Gasteiger partial charge on any atom is 0.0443 e. The Morgan fingerprint density at radius 1 is 0.500 bits per heavy atom. The Bertz CT molecular complexity index is 828. The van der Waals surface area contributed by atoms with Crippen LogP contribution in [0.25, 0.3) is 0 Å². The van der Waals surface area contributed by atoms with E-state index in [9.17, 15) is 0 Å². The van der Waals surface area contributed by atoms with Gasteiger partial charge in [0.25, 0.3) is 0 Å². The van der Waals surface area contributed by atoms with Gasteiger partial charge in [0.1, 0.15) is 0 Å². The van der Waals surface area contributed by atoms with E-state index in [0.717, 1.165) is 17.1 Å². The van der Waals surface area contributed by atoms with Crippen LogP contribution in [-0.2, 0) is 0 Å². The van der Waals surface area contributed by atoms with E-state index in [-0.39, 0.29) is 0 Å². The molecule has 2 heteroatoms. The Kier molecular flexibility index (Phi) is 4.57. The van der Waals surface area contributed by atoms with Gasteiger partial charge in [-0.3, -0.25) is 0 Å². The molecule has 0 aliphatic carbocycles. The van der Waals surface area contributed by atoms with E-state index in [0.29, 0.717) is 0 Å². The lowest BCUT2D eigenvalue weighted by atomic mass is 10.1. The summed E-state index contributed by atoms with van der Waals surface area (Å²) in [6, 6.07) is 21.2. The quantitative estimate of drug-likeness (QED) is 0.581. The van der Waals surface area contributed by atoms with Crippen LogP contribution in [0.4, 0.5) is 22.7 Å². The number of rotatable bonds is 4. The fourth-order valence-corrected chi connectivity index (χ4v) is 2.78. The van der Waals surface area contributed by atoms with Gasteiger partial charge in [-0.2, -0.15) is 0 Å². The summed E-state index contributed by atoms with van der Waals surface area (Å²) in [5.41, 5.74) is 9.62. The summed E-state index contributed by atoms with van der Waals surface area (Å²) >= 11 is 0. The van der Waals surface area contributed by atoms with Gasteiger partial charge in [-0.1, -0.05) is 24.3 Å². The van der Waals surface area contributed by atoms with Gasteiger partial charge in [-0.25, -0.2) is 0 Å². The van der Waals surface area contributed by atoms with Crippen molar-refractivity contribution in [2.75, 3.05) is 10.6 Å². The number of benzene rings is 3. The van der Waals surface area contributed by atoms with Crippen molar-refractivity contribution in [2.24, 2.45) is 0 Å². The molecule has 0 unspecified atom stereocenters. The van der Waals surface area contributed by atoms with E-state index in [1.807, 2.05) is 0 Å². The standard InChI is InChI=1S/C22H24N2/c1-15-8-9-21(14-18(15)4)23-19-10-12-20(13-11-19)24-22-16(2)6-5-7-17(22)3/h5-14,23-24H,1-4H3. The average Bonchev–Trinajstić information content (AvgIpc) is 2.56. The van der Waals surface area contributed by atoms with Crippen molar-refractivity contribution in [3.63, 3.8) is 0 Å². The van der Waals surface area contributed by atoms with Gasteiger partial charge >= 0.3 is 0 Å². The Labute approximate surface area is 144 Å². The molecule has 0 aliphatic rings. The molecular weight excluding hydrogens is 292 g/mol. The van der Waals surface area contributed by atoms with Gasteiger partial charge in [0.05, 0.1) is 0 Å². The van der Waals surface area contributed by atoms with E-state index in [4.69, 9.17) is 0 Å². The van der Waals surface area contributed by atoms with Crippen LogP contribution in [0.15, 0.2) is 60.7 Å². The molecule has 0 fully saturated rings. The normalized spacial score (nSPS) is 10.5. The van der Waals surface area contributed by atoms with E-state index >= 15 is 0 Å². The minimum absolute atomic E-state index is 1.09. The highest BCUT2D eigenvalue weighted by atomic mass is 14.9. The highest BCUT2D eigenvalue weighted by Gasteiger charge is 2.03. The monoisotopic (exact) mass is 316 g/mol. The summed E-state index contributed by atoms with van der Waals surface area (Å²) in [4.78, 5) is 0. The lowest BCUT2D eigenvalue weighted by Crippen LogP contribution is -1.96. The van der Waals surface area contributed by atoms with Gasteiger partial charge in [0, 0.05) is 22.7 Å². The van der Waals surface area contributed by atoms with Gasteiger partial charge in [-0.15, -0.1) is 0 Å². The number of hydrogen-bond donors (Lipinski definition) is 2. The van der Waals surface area contributed by atoms with Gasteiger partial charge in [0.15, 0.2) is 0 Å². The zero-order chi connectivity index (χ0) is 17.1. The van der Waals surface area contributed by atoms with Crippen molar-refractivity contribution in [2.45, 2.75) is 27.7 Å². The van der Waals surface area contributed by atoms with Crippen LogP contribution in [0.1, 0.15) is 22.3 Å². The molecule has 2 N–H and O–H groups in total. The molecule has 122 valence electrons. The summed E-state index contributed by atoms with van der Waals surface area (Å²) in [6.07, 6.45) is 0. The molecule has 0 saturated carbocycles. The molecule has 0 saturated heterocycles. The molecule has 0 heterocycles. The summed E-state index contributed by atoms with van der Waals surface area (Å²) in [7, 11) is 0. The first kappa shape index (κ1) is 16.1. The zero-order valence-electron chi connectivity index (χ0n) is 14.8. The van der Waals surface area contributed by atoms with Crippen molar-refractivity contribution in [1.29, 1.82) is 0 Å². The average molecular weight is 316 g/mol. The smallest absolute Gasteiger partial charge is 0.0443 e. The predicted octanol–water partition coefficient (Wildman–Crippen LogP) is 6.41. The molecule has 0 radical (unpaired) electrons. The van der Waals surface area contributed by atoms with Crippen LogP contribution in [0.5, 0.6) is 0 Å². The Balaban J connectivity index is 1.74. The van der Waals surface area contributed by atoms with Crippen molar-refractivity contribution in [1.82, 2.24) is 0 Å². The molecule has 0 spiro atoms. The van der Waals surface area contributed by atoms with Crippen LogP contribution in [0.2, 0.25) is 0 Å². The van der Waals surface area contributed by atoms with Gasteiger partial charge in [-0.05, 0) is 86.3 Å². The van der Waals surface area contributed by atoms with Crippen molar-refractivity contribution >= 4 is 22.7 Å². The molecule has 0 aliphatic heterocycles. The van der Waals surface area contributed by atoms with E-state index < -0.39 is 0 Å². The molecule has 0 atom stereocenters. The Hall–Kier alpha value is -2.74. The van der Waals surface area contributed by atoms with Crippen LogP contribution in [-0.4, -0.2) is 0 Å². The fraction of sp³-hybridized carbons (Fsp3) is 0.182. The molecular formula is C22H24N2. The minimum atomic E-state index is 1.09. The summed E-state index contributed by atoms with van der Waals surface area (Å²) in [6.45, 7) is 8.53. The van der Waals surface area contributed by atoms with E-state index in [1.54, 1.807) is 0 Å². The van der Waals surface area contributed by atoms with Crippen molar-refractivity contribution in [3.8, 4) is 0 Å². The lowest BCUT2D eigenvalue weighted by molar-refractivity contribution is 1.34. The zero-order valence-corrected chi connectivity index (χ0v) is 14.8. The Morgan fingerprint density at radius 3 is 1.62 bits per heavy atom. The SMILES string of the molecule is Cc1ccc(Nc2ccc(Nc3c(C)cccc3C)cc2)cc1C. The third kappa shape index (κ3) is 3.60. The second-order valence-electron chi connectivity index (χ2n) is 6.39. The lowest BCUT2D eigenvalue weighted by Gasteiger charge is -2.14. The molecule has 0 aromatic heterocycles. The highest BCUT2D eigenvalue weighted by Crippen LogP contribution is 2.26. The molecule has 2 nitrogen and oxygen atoms in total.